The lowest BCUT2D eigenvalue weighted by Crippen LogP contribution is -2.17. The van der Waals surface area contributed by atoms with Gasteiger partial charge in [0.05, 0.1) is 17.1 Å². The van der Waals surface area contributed by atoms with E-state index in [0.29, 0.717) is 11.0 Å². The fraction of sp³-hybridized carbons (Fsp3) is 0.190. The van der Waals surface area contributed by atoms with Gasteiger partial charge in [-0.05, 0) is 48.0 Å². The van der Waals surface area contributed by atoms with Crippen molar-refractivity contribution in [3.63, 3.8) is 0 Å². The molecule has 2 heterocycles. The molecule has 9 heteroatoms. The molecule has 8 nitrogen and oxygen atoms in total. The fourth-order valence-corrected chi connectivity index (χ4v) is 3.68. The molecular weight excluding hydrogens is 398 g/mol. The van der Waals surface area contributed by atoms with Crippen LogP contribution in [-0.4, -0.2) is 41.6 Å². The largest absolute Gasteiger partial charge is 0.310 e. The average Bonchev–Trinajstić information content (AvgIpc) is 3.35. The van der Waals surface area contributed by atoms with Crippen LogP contribution in [0.15, 0.2) is 59.8 Å². The number of anilines is 1. The molecule has 0 saturated carbocycles. The van der Waals surface area contributed by atoms with E-state index < -0.39 is 0 Å². The van der Waals surface area contributed by atoms with Crippen LogP contribution in [0.5, 0.6) is 0 Å². The maximum absolute atomic E-state index is 12.6. The first-order valence-electron chi connectivity index (χ1n) is 9.39. The summed E-state index contributed by atoms with van der Waals surface area (Å²) in [5, 5.41) is 19.6. The summed E-state index contributed by atoms with van der Waals surface area (Å²) in [6, 6.07) is 17.9. The number of aryl methyl sites for hydroxylation is 3. The molecular formula is C21H21N7OS. The smallest absolute Gasteiger partial charge is 0.236 e. The molecule has 0 unspecified atom stereocenters. The minimum absolute atomic E-state index is 0.160. The summed E-state index contributed by atoms with van der Waals surface area (Å²) in [6.45, 7) is 4.11. The van der Waals surface area contributed by atoms with E-state index in [1.165, 1.54) is 16.4 Å². The lowest BCUT2D eigenvalue weighted by atomic mass is 10.0. The predicted molar refractivity (Wildman–Crippen MR) is 117 cm³/mol. The number of benzene rings is 2. The monoisotopic (exact) mass is 419 g/mol. The van der Waals surface area contributed by atoms with Crippen molar-refractivity contribution in [3.05, 3.63) is 65.7 Å². The third-order valence-corrected chi connectivity index (χ3v) is 5.57. The maximum atomic E-state index is 12.6. The van der Waals surface area contributed by atoms with Crippen LogP contribution in [0.2, 0.25) is 0 Å². The van der Waals surface area contributed by atoms with E-state index in [1.807, 2.05) is 36.4 Å². The van der Waals surface area contributed by atoms with Gasteiger partial charge in [0.1, 0.15) is 5.82 Å². The van der Waals surface area contributed by atoms with E-state index in [4.69, 9.17) is 5.10 Å². The van der Waals surface area contributed by atoms with Crippen molar-refractivity contribution in [1.29, 1.82) is 0 Å². The molecule has 0 saturated heterocycles. The van der Waals surface area contributed by atoms with Gasteiger partial charge in [0.25, 0.3) is 0 Å². The van der Waals surface area contributed by atoms with E-state index >= 15 is 0 Å². The summed E-state index contributed by atoms with van der Waals surface area (Å²) in [5.41, 5.74) is 5.00. The van der Waals surface area contributed by atoms with Gasteiger partial charge in [-0.15, -0.1) is 5.10 Å². The molecule has 2 aromatic heterocycles. The second-order valence-electron chi connectivity index (χ2n) is 6.90. The van der Waals surface area contributed by atoms with Crippen LogP contribution in [0.4, 0.5) is 5.82 Å². The summed E-state index contributed by atoms with van der Waals surface area (Å²) in [6.07, 6.45) is 0. The van der Waals surface area contributed by atoms with Crippen LogP contribution in [0.25, 0.3) is 16.9 Å². The molecule has 0 aliphatic rings. The first-order chi connectivity index (χ1) is 14.5. The van der Waals surface area contributed by atoms with E-state index in [1.54, 1.807) is 11.7 Å². The van der Waals surface area contributed by atoms with Crippen molar-refractivity contribution >= 4 is 23.5 Å². The van der Waals surface area contributed by atoms with Crippen LogP contribution < -0.4 is 5.32 Å². The summed E-state index contributed by atoms with van der Waals surface area (Å²) in [4.78, 5) is 12.6. The van der Waals surface area contributed by atoms with Crippen LogP contribution in [0.3, 0.4) is 0 Å². The second-order valence-corrected chi connectivity index (χ2v) is 7.84. The van der Waals surface area contributed by atoms with Crippen molar-refractivity contribution in [1.82, 2.24) is 30.0 Å². The van der Waals surface area contributed by atoms with Crippen molar-refractivity contribution in [2.24, 2.45) is 7.05 Å². The van der Waals surface area contributed by atoms with Gasteiger partial charge in [-0.25, -0.2) is 9.36 Å². The Morgan fingerprint density at radius 1 is 1.10 bits per heavy atom. The Labute approximate surface area is 178 Å². The van der Waals surface area contributed by atoms with E-state index in [0.717, 1.165) is 28.1 Å². The summed E-state index contributed by atoms with van der Waals surface area (Å²) < 4.78 is 3.29. The quantitative estimate of drug-likeness (QED) is 0.482. The number of para-hydroxylation sites is 1. The van der Waals surface area contributed by atoms with Gasteiger partial charge in [0.2, 0.25) is 11.1 Å². The maximum Gasteiger partial charge on any atom is 0.236 e. The molecule has 30 heavy (non-hydrogen) atoms. The lowest BCUT2D eigenvalue weighted by molar-refractivity contribution is -0.113. The Balaban J connectivity index is 1.64. The summed E-state index contributed by atoms with van der Waals surface area (Å²) in [5.74, 6) is 0.638. The van der Waals surface area contributed by atoms with Crippen LogP contribution in [0, 0.1) is 13.8 Å². The molecule has 0 atom stereocenters. The number of nitrogens with one attached hydrogen (secondary N) is 1. The number of nitrogens with zero attached hydrogens (tertiary/aromatic N) is 6. The van der Waals surface area contributed by atoms with Crippen LogP contribution in [0.1, 0.15) is 11.1 Å². The number of hydrogen-bond donors (Lipinski definition) is 1. The SMILES string of the molecule is Cc1ccc(C)c(-c2cc(NC(=O)CSc3nnnn3C)n(-c3ccccc3)n2)c1. The van der Waals surface area contributed by atoms with Crippen molar-refractivity contribution in [3.8, 4) is 16.9 Å². The molecule has 1 amide bonds. The molecule has 0 aliphatic carbocycles. The first kappa shape index (κ1) is 19.8. The number of carbonyl (C=O) groups is 1. The topological polar surface area (TPSA) is 90.5 Å². The van der Waals surface area contributed by atoms with Gasteiger partial charge >= 0.3 is 0 Å². The highest BCUT2D eigenvalue weighted by Gasteiger charge is 2.16. The van der Waals surface area contributed by atoms with Crippen molar-refractivity contribution < 1.29 is 4.79 Å². The molecule has 0 fully saturated rings. The lowest BCUT2D eigenvalue weighted by Gasteiger charge is -2.08. The number of carbonyl (C=O) groups excluding carboxylic acids is 1. The zero-order valence-electron chi connectivity index (χ0n) is 16.9. The van der Waals surface area contributed by atoms with Crippen molar-refractivity contribution in [2.75, 3.05) is 11.1 Å². The minimum Gasteiger partial charge on any atom is -0.310 e. The van der Waals surface area contributed by atoms with Gasteiger partial charge in [-0.3, -0.25) is 4.79 Å². The van der Waals surface area contributed by atoms with Gasteiger partial charge in [0, 0.05) is 18.7 Å². The average molecular weight is 420 g/mol. The first-order valence-corrected chi connectivity index (χ1v) is 10.4. The van der Waals surface area contributed by atoms with Gasteiger partial charge in [-0.1, -0.05) is 47.7 Å². The normalized spacial score (nSPS) is 10.9. The molecule has 4 aromatic rings. The number of rotatable bonds is 6. The highest BCUT2D eigenvalue weighted by atomic mass is 32.2. The highest BCUT2D eigenvalue weighted by molar-refractivity contribution is 7.99. The molecule has 0 bridgehead atoms. The second kappa shape index (κ2) is 8.50. The summed E-state index contributed by atoms with van der Waals surface area (Å²) >= 11 is 1.28. The Morgan fingerprint density at radius 3 is 2.63 bits per heavy atom. The van der Waals surface area contributed by atoms with Crippen LogP contribution >= 0.6 is 11.8 Å². The van der Waals surface area contributed by atoms with Gasteiger partial charge < -0.3 is 5.32 Å². The molecule has 0 radical (unpaired) electrons. The predicted octanol–water partition coefficient (Wildman–Crippen LogP) is 3.41. The fourth-order valence-electron chi connectivity index (χ4n) is 3.03. The molecule has 152 valence electrons. The van der Waals surface area contributed by atoms with Gasteiger partial charge in [-0.2, -0.15) is 5.10 Å². The Bertz CT molecular complexity index is 1180. The zero-order valence-corrected chi connectivity index (χ0v) is 17.7. The zero-order chi connectivity index (χ0) is 21.1. The number of hydrogen-bond acceptors (Lipinski definition) is 6. The number of tetrazole rings is 1. The molecule has 1 N–H and O–H groups in total. The third-order valence-electron chi connectivity index (χ3n) is 4.56. The highest BCUT2D eigenvalue weighted by Crippen LogP contribution is 2.28. The summed E-state index contributed by atoms with van der Waals surface area (Å²) in [7, 11) is 1.74. The molecule has 2 aromatic carbocycles. The van der Waals surface area contributed by atoms with Crippen molar-refractivity contribution in [2.45, 2.75) is 19.0 Å². The third kappa shape index (κ3) is 4.25. The van der Waals surface area contributed by atoms with E-state index in [-0.39, 0.29) is 11.7 Å². The standard InChI is InChI=1S/C21H21N7OS/c1-14-9-10-15(2)17(11-14)18-12-19(28(24-18)16-7-5-4-6-8-16)22-20(29)13-30-21-23-25-26-27(21)3/h4-12H,13H2,1-3H3,(H,22,29). The minimum atomic E-state index is -0.160. The van der Waals surface area contributed by atoms with Gasteiger partial charge in [0.15, 0.2) is 0 Å². The molecule has 0 spiro atoms. The number of amides is 1. The molecule has 4 rings (SSSR count). The Hall–Kier alpha value is -3.46. The Morgan fingerprint density at radius 2 is 1.90 bits per heavy atom. The van der Waals surface area contributed by atoms with E-state index in [9.17, 15) is 4.79 Å². The molecule has 0 aliphatic heterocycles. The Kier molecular flexibility index (Phi) is 5.62. The number of aromatic nitrogens is 6. The number of thioether (sulfide) groups is 1. The van der Waals surface area contributed by atoms with Crippen LogP contribution in [-0.2, 0) is 11.8 Å². The van der Waals surface area contributed by atoms with E-state index in [2.05, 4.69) is 52.9 Å².